The number of nitrogens with zero attached hydrogens (tertiary/aromatic N) is 1. The second-order valence-corrected chi connectivity index (χ2v) is 3.88. The van der Waals surface area contributed by atoms with E-state index in [2.05, 4.69) is 4.98 Å². The molecule has 1 atom stereocenters. The van der Waals surface area contributed by atoms with Crippen molar-refractivity contribution in [2.45, 2.75) is 32.5 Å². The highest BCUT2D eigenvalue weighted by Crippen LogP contribution is 2.28. The van der Waals surface area contributed by atoms with Gasteiger partial charge in [0.15, 0.2) is 0 Å². The van der Waals surface area contributed by atoms with Gasteiger partial charge in [0.05, 0.1) is 11.8 Å². The summed E-state index contributed by atoms with van der Waals surface area (Å²) in [6, 6.07) is 1.26. The van der Waals surface area contributed by atoms with E-state index in [4.69, 9.17) is 4.74 Å². The Morgan fingerprint density at radius 3 is 2.73 bits per heavy atom. The van der Waals surface area contributed by atoms with Gasteiger partial charge in [0, 0.05) is 18.4 Å². The standard InChI is InChI=1S/C11H16FNO2/c1-4-15-11(2,3)10(14)8-5-9(12)7-13-6-8/h5-7,10,14H,4H2,1-3H3. The van der Waals surface area contributed by atoms with E-state index in [0.717, 1.165) is 6.20 Å². The first-order chi connectivity index (χ1) is 6.97. The molecule has 0 aromatic carbocycles. The molecule has 0 aliphatic carbocycles. The van der Waals surface area contributed by atoms with E-state index < -0.39 is 17.5 Å². The maximum Gasteiger partial charge on any atom is 0.141 e. The lowest BCUT2D eigenvalue weighted by Gasteiger charge is -2.30. The fourth-order valence-electron chi connectivity index (χ4n) is 1.43. The smallest absolute Gasteiger partial charge is 0.141 e. The summed E-state index contributed by atoms with van der Waals surface area (Å²) in [5.74, 6) is -0.459. The van der Waals surface area contributed by atoms with E-state index in [1.165, 1.54) is 12.3 Å². The van der Waals surface area contributed by atoms with Crippen molar-refractivity contribution < 1.29 is 14.2 Å². The van der Waals surface area contributed by atoms with Crippen LogP contribution < -0.4 is 0 Å². The third-order valence-electron chi connectivity index (χ3n) is 2.22. The summed E-state index contributed by atoms with van der Waals surface area (Å²) in [4.78, 5) is 3.69. The minimum absolute atomic E-state index is 0.424. The normalized spacial score (nSPS) is 13.9. The van der Waals surface area contributed by atoms with Gasteiger partial charge in [0.25, 0.3) is 0 Å². The Kier molecular flexibility index (Phi) is 3.77. The summed E-state index contributed by atoms with van der Waals surface area (Å²) in [6.45, 7) is 5.85. The van der Waals surface area contributed by atoms with Crippen molar-refractivity contribution in [1.29, 1.82) is 0 Å². The van der Waals surface area contributed by atoms with E-state index in [-0.39, 0.29) is 0 Å². The van der Waals surface area contributed by atoms with Crippen LogP contribution >= 0.6 is 0 Å². The molecule has 1 rings (SSSR count). The predicted molar refractivity (Wildman–Crippen MR) is 54.9 cm³/mol. The van der Waals surface area contributed by atoms with Crippen molar-refractivity contribution >= 4 is 0 Å². The number of pyridine rings is 1. The number of rotatable bonds is 4. The highest BCUT2D eigenvalue weighted by molar-refractivity contribution is 5.16. The molecule has 84 valence electrons. The van der Waals surface area contributed by atoms with Crippen molar-refractivity contribution in [3.8, 4) is 0 Å². The fraction of sp³-hybridized carbons (Fsp3) is 0.545. The minimum atomic E-state index is -0.888. The molecule has 0 saturated heterocycles. The molecule has 1 unspecified atom stereocenters. The molecule has 4 heteroatoms. The molecule has 15 heavy (non-hydrogen) atoms. The predicted octanol–water partition coefficient (Wildman–Crippen LogP) is 2.07. The first kappa shape index (κ1) is 12.1. The van der Waals surface area contributed by atoms with Gasteiger partial charge in [0.1, 0.15) is 11.9 Å². The van der Waals surface area contributed by atoms with Crippen molar-refractivity contribution in [3.05, 3.63) is 29.8 Å². The first-order valence-corrected chi connectivity index (χ1v) is 4.90. The van der Waals surface area contributed by atoms with Gasteiger partial charge in [-0.3, -0.25) is 4.98 Å². The van der Waals surface area contributed by atoms with Crippen LogP contribution in [0.25, 0.3) is 0 Å². The van der Waals surface area contributed by atoms with Crippen LogP contribution in [-0.4, -0.2) is 22.3 Å². The van der Waals surface area contributed by atoms with Gasteiger partial charge in [-0.15, -0.1) is 0 Å². The van der Waals surface area contributed by atoms with E-state index in [1.54, 1.807) is 13.8 Å². The van der Waals surface area contributed by atoms with Gasteiger partial charge < -0.3 is 9.84 Å². The zero-order chi connectivity index (χ0) is 11.5. The number of halogens is 1. The lowest BCUT2D eigenvalue weighted by atomic mass is 9.95. The molecule has 1 heterocycles. The zero-order valence-corrected chi connectivity index (χ0v) is 9.20. The van der Waals surface area contributed by atoms with Crippen LogP contribution in [0.15, 0.2) is 18.5 Å². The van der Waals surface area contributed by atoms with Gasteiger partial charge >= 0.3 is 0 Å². The number of aliphatic hydroxyl groups excluding tert-OH is 1. The lowest BCUT2D eigenvalue weighted by molar-refractivity contribution is -0.0985. The molecular formula is C11H16FNO2. The highest BCUT2D eigenvalue weighted by atomic mass is 19.1. The highest BCUT2D eigenvalue weighted by Gasteiger charge is 2.29. The maximum atomic E-state index is 12.9. The Bertz CT molecular complexity index is 328. The van der Waals surface area contributed by atoms with Gasteiger partial charge in [-0.25, -0.2) is 4.39 Å². The monoisotopic (exact) mass is 213 g/mol. The van der Waals surface area contributed by atoms with E-state index >= 15 is 0 Å². The molecule has 3 nitrogen and oxygen atoms in total. The number of aliphatic hydroxyl groups is 1. The average Bonchev–Trinajstić information content (AvgIpc) is 2.16. The van der Waals surface area contributed by atoms with Gasteiger partial charge in [0.2, 0.25) is 0 Å². The van der Waals surface area contributed by atoms with Crippen LogP contribution in [0.2, 0.25) is 0 Å². The molecular weight excluding hydrogens is 197 g/mol. The average molecular weight is 213 g/mol. The molecule has 0 aliphatic rings. The Morgan fingerprint density at radius 2 is 2.20 bits per heavy atom. The molecule has 0 aliphatic heterocycles. The summed E-state index contributed by atoms with van der Waals surface area (Å²) < 4.78 is 18.3. The van der Waals surface area contributed by atoms with Crippen molar-refractivity contribution in [2.75, 3.05) is 6.61 Å². The Hall–Kier alpha value is -1.00. The largest absolute Gasteiger partial charge is 0.385 e. The molecule has 0 spiro atoms. The Balaban J connectivity index is 2.88. The zero-order valence-electron chi connectivity index (χ0n) is 9.20. The van der Waals surface area contributed by atoms with Crippen molar-refractivity contribution in [2.24, 2.45) is 0 Å². The molecule has 0 fully saturated rings. The van der Waals surface area contributed by atoms with Crippen LogP contribution in [0.4, 0.5) is 4.39 Å². The van der Waals surface area contributed by atoms with Gasteiger partial charge in [-0.05, 0) is 26.8 Å². The van der Waals surface area contributed by atoms with E-state index in [1.807, 2.05) is 6.92 Å². The Labute approximate surface area is 88.9 Å². The first-order valence-electron chi connectivity index (χ1n) is 4.90. The molecule has 1 N–H and O–H groups in total. The van der Waals surface area contributed by atoms with Crippen LogP contribution in [0, 0.1) is 5.82 Å². The number of hydrogen-bond donors (Lipinski definition) is 1. The van der Waals surface area contributed by atoms with E-state index in [9.17, 15) is 9.50 Å². The third kappa shape index (κ3) is 2.97. The molecule has 0 amide bonds. The van der Waals surface area contributed by atoms with E-state index in [0.29, 0.717) is 12.2 Å². The lowest BCUT2D eigenvalue weighted by Crippen LogP contribution is -2.32. The molecule has 1 aromatic rings. The second-order valence-electron chi connectivity index (χ2n) is 3.88. The SMILES string of the molecule is CCOC(C)(C)C(O)c1cncc(F)c1. The minimum Gasteiger partial charge on any atom is -0.385 e. The van der Waals surface area contributed by atoms with Crippen LogP contribution in [0.1, 0.15) is 32.4 Å². The topological polar surface area (TPSA) is 42.4 Å². The van der Waals surface area contributed by atoms with Gasteiger partial charge in [-0.2, -0.15) is 0 Å². The van der Waals surface area contributed by atoms with Crippen LogP contribution in [-0.2, 0) is 4.74 Å². The number of hydrogen-bond acceptors (Lipinski definition) is 3. The third-order valence-corrected chi connectivity index (χ3v) is 2.22. The molecule has 0 radical (unpaired) electrons. The molecule has 0 bridgehead atoms. The maximum absolute atomic E-state index is 12.9. The molecule has 1 aromatic heterocycles. The summed E-state index contributed by atoms with van der Waals surface area (Å²) in [7, 11) is 0. The van der Waals surface area contributed by atoms with Crippen molar-refractivity contribution in [1.82, 2.24) is 4.98 Å². The summed E-state index contributed by atoms with van der Waals surface area (Å²) in [5.41, 5.74) is -0.321. The quantitative estimate of drug-likeness (QED) is 0.832. The Morgan fingerprint density at radius 1 is 1.53 bits per heavy atom. The number of ether oxygens (including phenoxy) is 1. The molecule has 0 saturated carbocycles. The van der Waals surface area contributed by atoms with Gasteiger partial charge in [-0.1, -0.05) is 0 Å². The second kappa shape index (κ2) is 4.68. The van der Waals surface area contributed by atoms with Crippen LogP contribution in [0.3, 0.4) is 0 Å². The summed E-state index contributed by atoms with van der Waals surface area (Å²) in [5, 5.41) is 9.97. The number of aromatic nitrogens is 1. The summed E-state index contributed by atoms with van der Waals surface area (Å²) in [6.07, 6.45) is 1.65. The van der Waals surface area contributed by atoms with Crippen molar-refractivity contribution in [3.63, 3.8) is 0 Å². The van der Waals surface area contributed by atoms with Crippen LogP contribution in [0.5, 0.6) is 0 Å². The summed E-state index contributed by atoms with van der Waals surface area (Å²) >= 11 is 0. The fourth-order valence-corrected chi connectivity index (χ4v) is 1.43.